The maximum atomic E-state index is 13.8. The maximum Gasteiger partial charge on any atom is 0.261 e. The Morgan fingerprint density at radius 2 is 1.71 bits per heavy atom. The van der Waals surface area contributed by atoms with E-state index in [1.807, 2.05) is 61.5 Å². The molecule has 3 aromatic rings. The van der Waals surface area contributed by atoms with E-state index in [-0.39, 0.29) is 31.0 Å². The second kappa shape index (κ2) is 13.3. The average molecular weight is 535 g/mol. The zero-order valence-corrected chi connectivity index (χ0v) is 22.7. The number of hydrogen-bond acceptors (Lipinski definition) is 4. The maximum absolute atomic E-state index is 13.8. The lowest BCUT2D eigenvalue weighted by atomic mass is 10.0. The van der Waals surface area contributed by atoms with E-state index in [1.165, 1.54) is 0 Å². The lowest BCUT2D eigenvalue weighted by Gasteiger charge is -2.32. The van der Waals surface area contributed by atoms with Crippen molar-refractivity contribution in [1.82, 2.24) is 10.2 Å². The van der Waals surface area contributed by atoms with Crippen molar-refractivity contribution in [1.29, 1.82) is 0 Å². The van der Waals surface area contributed by atoms with E-state index in [1.54, 1.807) is 30.2 Å². The lowest BCUT2D eigenvalue weighted by molar-refractivity contribution is -0.143. The molecule has 0 aromatic heterocycles. The third kappa shape index (κ3) is 7.51. The van der Waals surface area contributed by atoms with E-state index in [2.05, 4.69) is 5.32 Å². The van der Waals surface area contributed by atoms with Crippen LogP contribution < -0.4 is 14.8 Å². The number of amides is 2. The SMILES string of the molecule is COc1cccc(CN(C(=O)COc2ccc(Cl)c(C)c2)[C@H](Cc2ccccc2)C(=O)NC2CCCC2)c1. The Labute approximate surface area is 229 Å². The van der Waals surface area contributed by atoms with Crippen LogP contribution in [0.2, 0.25) is 5.02 Å². The van der Waals surface area contributed by atoms with Gasteiger partial charge < -0.3 is 19.7 Å². The summed E-state index contributed by atoms with van der Waals surface area (Å²) in [4.78, 5) is 29.1. The van der Waals surface area contributed by atoms with Crippen LogP contribution in [0, 0.1) is 6.92 Å². The Hall–Kier alpha value is -3.51. The summed E-state index contributed by atoms with van der Waals surface area (Å²) >= 11 is 6.15. The van der Waals surface area contributed by atoms with E-state index in [0.717, 1.165) is 42.4 Å². The standard InChI is InChI=1S/C31H35ClN2O4/c1-22-17-27(15-16-28(22)32)38-21-30(35)34(20-24-11-8-14-26(18-24)37-2)29(19-23-9-4-3-5-10-23)31(36)33-25-12-6-7-13-25/h3-5,8-11,14-18,25,29H,6-7,12-13,19-21H2,1-2H3,(H,33,36)/t29-/m1/s1. The Kier molecular flexibility index (Phi) is 9.66. The number of ether oxygens (including phenoxy) is 2. The van der Waals surface area contributed by atoms with Crippen LogP contribution in [0.3, 0.4) is 0 Å². The predicted octanol–water partition coefficient (Wildman–Crippen LogP) is 5.73. The summed E-state index contributed by atoms with van der Waals surface area (Å²) in [6, 6.07) is 22.1. The predicted molar refractivity (Wildman–Crippen MR) is 150 cm³/mol. The van der Waals surface area contributed by atoms with Gasteiger partial charge >= 0.3 is 0 Å². The summed E-state index contributed by atoms with van der Waals surface area (Å²) in [6.07, 6.45) is 4.54. The molecular weight excluding hydrogens is 500 g/mol. The Morgan fingerprint density at radius 1 is 0.974 bits per heavy atom. The van der Waals surface area contributed by atoms with E-state index >= 15 is 0 Å². The van der Waals surface area contributed by atoms with Crippen LogP contribution in [0.15, 0.2) is 72.8 Å². The van der Waals surface area contributed by atoms with Gasteiger partial charge in [-0.05, 0) is 66.8 Å². The van der Waals surface area contributed by atoms with Gasteiger partial charge in [0, 0.05) is 24.0 Å². The van der Waals surface area contributed by atoms with Gasteiger partial charge in [0.25, 0.3) is 5.91 Å². The highest BCUT2D eigenvalue weighted by atomic mass is 35.5. The Morgan fingerprint density at radius 3 is 2.42 bits per heavy atom. The number of carbonyl (C=O) groups excluding carboxylic acids is 2. The van der Waals surface area contributed by atoms with Crippen molar-refractivity contribution in [2.75, 3.05) is 13.7 Å². The Bertz CT molecular complexity index is 1230. The van der Waals surface area contributed by atoms with E-state index < -0.39 is 6.04 Å². The van der Waals surface area contributed by atoms with Crippen LogP contribution in [0.4, 0.5) is 0 Å². The third-order valence-electron chi connectivity index (χ3n) is 6.95. The van der Waals surface area contributed by atoms with Crippen LogP contribution >= 0.6 is 11.6 Å². The minimum absolute atomic E-state index is 0.140. The quantitative estimate of drug-likeness (QED) is 0.341. The fraction of sp³-hybridized carbons (Fsp3) is 0.355. The molecule has 200 valence electrons. The molecule has 0 unspecified atom stereocenters. The molecule has 0 aliphatic heterocycles. The van der Waals surface area contributed by atoms with Gasteiger partial charge in [0.05, 0.1) is 7.11 Å². The molecule has 3 aromatic carbocycles. The summed E-state index contributed by atoms with van der Waals surface area (Å²) in [6.45, 7) is 1.93. The molecule has 38 heavy (non-hydrogen) atoms. The summed E-state index contributed by atoms with van der Waals surface area (Å²) in [5.41, 5.74) is 2.71. The molecule has 2 amide bonds. The molecule has 1 aliphatic rings. The van der Waals surface area contributed by atoms with Gasteiger partial charge in [-0.2, -0.15) is 0 Å². The fourth-order valence-corrected chi connectivity index (χ4v) is 4.94. The zero-order chi connectivity index (χ0) is 26.9. The molecule has 0 bridgehead atoms. The lowest BCUT2D eigenvalue weighted by Crippen LogP contribution is -2.53. The van der Waals surface area contributed by atoms with Crippen LogP contribution in [0.25, 0.3) is 0 Å². The largest absolute Gasteiger partial charge is 0.497 e. The number of rotatable bonds is 11. The number of aryl methyl sites for hydroxylation is 1. The van der Waals surface area contributed by atoms with E-state index in [9.17, 15) is 9.59 Å². The molecule has 4 rings (SSSR count). The van der Waals surface area contributed by atoms with Crippen LogP contribution in [-0.4, -0.2) is 42.5 Å². The monoisotopic (exact) mass is 534 g/mol. The number of carbonyl (C=O) groups is 2. The smallest absolute Gasteiger partial charge is 0.261 e. The van der Waals surface area contributed by atoms with Gasteiger partial charge in [-0.3, -0.25) is 9.59 Å². The second-order valence-electron chi connectivity index (χ2n) is 9.77. The molecule has 1 N–H and O–H groups in total. The van der Waals surface area contributed by atoms with Crippen LogP contribution in [-0.2, 0) is 22.6 Å². The Balaban J connectivity index is 1.62. The highest BCUT2D eigenvalue weighted by Crippen LogP contribution is 2.23. The fourth-order valence-electron chi connectivity index (χ4n) is 4.82. The molecule has 0 heterocycles. The van der Waals surface area contributed by atoms with Gasteiger partial charge in [0.2, 0.25) is 5.91 Å². The van der Waals surface area contributed by atoms with Gasteiger partial charge in [-0.25, -0.2) is 0 Å². The summed E-state index contributed by atoms with van der Waals surface area (Å²) in [7, 11) is 1.61. The molecule has 1 fully saturated rings. The first kappa shape index (κ1) is 27.5. The molecule has 6 nitrogen and oxygen atoms in total. The number of nitrogens with one attached hydrogen (secondary N) is 1. The van der Waals surface area contributed by atoms with Crippen molar-refractivity contribution >= 4 is 23.4 Å². The highest BCUT2D eigenvalue weighted by molar-refractivity contribution is 6.31. The molecule has 1 saturated carbocycles. The topological polar surface area (TPSA) is 67.9 Å². The van der Waals surface area contributed by atoms with Gasteiger partial charge in [-0.1, -0.05) is 66.9 Å². The van der Waals surface area contributed by atoms with Gasteiger partial charge in [0.15, 0.2) is 6.61 Å². The molecule has 1 atom stereocenters. The molecule has 1 aliphatic carbocycles. The van der Waals surface area contributed by atoms with Crippen molar-refractivity contribution in [2.24, 2.45) is 0 Å². The number of benzene rings is 3. The van der Waals surface area contributed by atoms with Crippen molar-refractivity contribution in [3.05, 3.63) is 94.5 Å². The first-order valence-electron chi connectivity index (χ1n) is 13.1. The molecule has 0 saturated heterocycles. The average Bonchev–Trinajstić information content (AvgIpc) is 3.44. The minimum Gasteiger partial charge on any atom is -0.497 e. The van der Waals surface area contributed by atoms with Crippen molar-refractivity contribution in [2.45, 2.75) is 57.7 Å². The normalized spacial score (nSPS) is 14.1. The number of hydrogen-bond donors (Lipinski definition) is 1. The summed E-state index contributed by atoms with van der Waals surface area (Å²) < 4.78 is 11.3. The summed E-state index contributed by atoms with van der Waals surface area (Å²) in [5, 5.41) is 3.85. The van der Waals surface area contributed by atoms with Gasteiger partial charge in [-0.15, -0.1) is 0 Å². The molecule has 0 radical (unpaired) electrons. The minimum atomic E-state index is -0.702. The van der Waals surface area contributed by atoms with E-state index in [0.29, 0.717) is 22.9 Å². The highest BCUT2D eigenvalue weighted by Gasteiger charge is 2.32. The summed E-state index contributed by atoms with van der Waals surface area (Å²) in [5.74, 6) is 0.830. The van der Waals surface area contributed by atoms with Gasteiger partial charge in [0.1, 0.15) is 17.5 Å². The van der Waals surface area contributed by atoms with Crippen molar-refractivity contribution in [3.8, 4) is 11.5 Å². The van der Waals surface area contributed by atoms with Crippen LogP contribution in [0.1, 0.15) is 42.4 Å². The number of methoxy groups -OCH3 is 1. The van der Waals surface area contributed by atoms with Crippen LogP contribution in [0.5, 0.6) is 11.5 Å². The van der Waals surface area contributed by atoms with E-state index in [4.69, 9.17) is 21.1 Å². The molecule has 0 spiro atoms. The van der Waals surface area contributed by atoms with Crippen molar-refractivity contribution < 1.29 is 19.1 Å². The first-order valence-corrected chi connectivity index (χ1v) is 13.5. The zero-order valence-electron chi connectivity index (χ0n) is 22.0. The molecular formula is C31H35ClN2O4. The van der Waals surface area contributed by atoms with Crippen molar-refractivity contribution in [3.63, 3.8) is 0 Å². The third-order valence-corrected chi connectivity index (χ3v) is 7.38. The first-order chi connectivity index (χ1) is 18.4. The molecule has 7 heteroatoms. The second-order valence-corrected chi connectivity index (χ2v) is 10.2. The number of halogens is 1. The number of nitrogens with zero attached hydrogens (tertiary/aromatic N) is 1.